The van der Waals surface area contributed by atoms with E-state index in [1.165, 1.54) is 0 Å². The van der Waals surface area contributed by atoms with E-state index in [4.69, 9.17) is 9.47 Å². The van der Waals surface area contributed by atoms with Gasteiger partial charge in [0.1, 0.15) is 18.5 Å². The zero-order chi connectivity index (χ0) is 12.5. The lowest BCUT2D eigenvalue weighted by atomic mass is 10.3. The van der Waals surface area contributed by atoms with E-state index >= 15 is 0 Å². The minimum atomic E-state index is -0.518. The highest BCUT2D eigenvalue weighted by Crippen LogP contribution is 2.16. The Balaban J connectivity index is 2.14. The summed E-state index contributed by atoms with van der Waals surface area (Å²) in [4.78, 5) is 0. The number of benzene rings is 1. The topological polar surface area (TPSA) is 50.7 Å². The van der Waals surface area contributed by atoms with Crippen LogP contribution in [0.4, 0.5) is 0 Å². The van der Waals surface area contributed by atoms with E-state index in [0.717, 1.165) is 16.8 Å². The number of halogens is 1. The summed E-state index contributed by atoms with van der Waals surface area (Å²) in [6.45, 7) is 2.15. The number of ether oxygens (including phenoxy) is 2. The number of hydrogen-bond acceptors (Lipinski definition) is 4. The number of rotatable bonds is 8. The van der Waals surface area contributed by atoms with Gasteiger partial charge in [0.05, 0.1) is 6.61 Å². The van der Waals surface area contributed by atoms with Gasteiger partial charge in [-0.2, -0.15) is 0 Å². The van der Waals surface area contributed by atoms with E-state index in [9.17, 15) is 5.11 Å². The Labute approximate surface area is 110 Å². The molecule has 0 saturated heterocycles. The van der Waals surface area contributed by atoms with Crippen molar-refractivity contribution in [1.82, 2.24) is 5.32 Å². The molecule has 0 heterocycles. The largest absolute Gasteiger partial charge is 0.491 e. The standard InChI is InChI=1S/C12H18BrNO3/c1-16-7-6-14-8-11(15)9-17-12-4-2-10(13)3-5-12/h2-5,11,14-15H,6-9H2,1H3. The molecule has 0 aliphatic heterocycles. The summed E-state index contributed by atoms with van der Waals surface area (Å²) in [6.07, 6.45) is -0.518. The smallest absolute Gasteiger partial charge is 0.119 e. The predicted octanol–water partition coefficient (Wildman–Crippen LogP) is 1.42. The molecule has 0 aliphatic carbocycles. The lowest BCUT2D eigenvalue weighted by Crippen LogP contribution is -2.33. The van der Waals surface area contributed by atoms with Crippen LogP contribution in [0.25, 0.3) is 0 Å². The molecule has 2 N–H and O–H groups in total. The van der Waals surface area contributed by atoms with Gasteiger partial charge < -0.3 is 19.9 Å². The molecule has 96 valence electrons. The summed E-state index contributed by atoms with van der Waals surface area (Å²) in [5.41, 5.74) is 0. The van der Waals surface area contributed by atoms with Crippen molar-refractivity contribution in [2.45, 2.75) is 6.10 Å². The van der Waals surface area contributed by atoms with Crippen LogP contribution >= 0.6 is 15.9 Å². The minimum Gasteiger partial charge on any atom is -0.491 e. The summed E-state index contributed by atoms with van der Waals surface area (Å²) in [5, 5.41) is 12.7. The fourth-order valence-electron chi connectivity index (χ4n) is 1.23. The Morgan fingerprint density at radius 1 is 1.35 bits per heavy atom. The number of methoxy groups -OCH3 is 1. The van der Waals surface area contributed by atoms with Gasteiger partial charge in [0.15, 0.2) is 0 Å². The molecule has 0 radical (unpaired) electrons. The van der Waals surface area contributed by atoms with Gasteiger partial charge in [0, 0.05) is 24.7 Å². The quantitative estimate of drug-likeness (QED) is 0.713. The highest BCUT2D eigenvalue weighted by atomic mass is 79.9. The van der Waals surface area contributed by atoms with Gasteiger partial charge in [0.2, 0.25) is 0 Å². The van der Waals surface area contributed by atoms with Crippen LogP contribution in [0, 0.1) is 0 Å². The fourth-order valence-corrected chi connectivity index (χ4v) is 1.49. The third-order valence-electron chi connectivity index (χ3n) is 2.12. The molecule has 0 bridgehead atoms. The van der Waals surface area contributed by atoms with Gasteiger partial charge >= 0.3 is 0 Å². The Morgan fingerprint density at radius 2 is 2.06 bits per heavy atom. The maximum atomic E-state index is 9.63. The first-order valence-corrected chi connectivity index (χ1v) is 6.27. The van der Waals surface area contributed by atoms with Gasteiger partial charge in [-0.15, -0.1) is 0 Å². The molecular weight excluding hydrogens is 286 g/mol. The Morgan fingerprint density at radius 3 is 2.71 bits per heavy atom. The summed E-state index contributed by atoms with van der Waals surface area (Å²) in [7, 11) is 1.65. The van der Waals surface area contributed by atoms with Crippen molar-refractivity contribution in [1.29, 1.82) is 0 Å². The number of aliphatic hydroxyl groups excluding tert-OH is 1. The lowest BCUT2D eigenvalue weighted by molar-refractivity contribution is 0.103. The second kappa shape index (κ2) is 8.47. The molecule has 5 heteroatoms. The molecule has 0 aromatic heterocycles. The molecule has 1 aromatic rings. The van der Waals surface area contributed by atoms with Gasteiger partial charge in [0.25, 0.3) is 0 Å². The summed E-state index contributed by atoms with van der Waals surface area (Å²) >= 11 is 3.35. The third-order valence-corrected chi connectivity index (χ3v) is 2.65. The van der Waals surface area contributed by atoms with Gasteiger partial charge in [-0.25, -0.2) is 0 Å². The van der Waals surface area contributed by atoms with Gasteiger partial charge in [-0.05, 0) is 24.3 Å². The molecule has 0 fully saturated rings. The van der Waals surface area contributed by atoms with Crippen molar-refractivity contribution in [2.75, 3.05) is 33.4 Å². The van der Waals surface area contributed by atoms with Gasteiger partial charge in [-0.1, -0.05) is 15.9 Å². The Hall–Kier alpha value is -0.620. The highest BCUT2D eigenvalue weighted by molar-refractivity contribution is 9.10. The molecule has 0 aliphatic rings. The second-order valence-electron chi connectivity index (χ2n) is 3.62. The zero-order valence-corrected chi connectivity index (χ0v) is 11.4. The van der Waals surface area contributed by atoms with E-state index < -0.39 is 6.10 Å². The minimum absolute atomic E-state index is 0.279. The SMILES string of the molecule is COCCNCC(O)COc1ccc(Br)cc1. The van der Waals surface area contributed by atoms with Crippen LogP contribution < -0.4 is 10.1 Å². The number of nitrogens with one attached hydrogen (secondary N) is 1. The Bertz CT molecular complexity index is 305. The lowest BCUT2D eigenvalue weighted by Gasteiger charge is -2.13. The first kappa shape index (κ1) is 14.4. The first-order valence-electron chi connectivity index (χ1n) is 5.48. The monoisotopic (exact) mass is 303 g/mol. The van der Waals surface area contributed by atoms with Crippen LogP contribution in [0.5, 0.6) is 5.75 Å². The fraction of sp³-hybridized carbons (Fsp3) is 0.500. The van der Waals surface area contributed by atoms with Crippen molar-refractivity contribution < 1.29 is 14.6 Å². The second-order valence-corrected chi connectivity index (χ2v) is 4.53. The highest BCUT2D eigenvalue weighted by Gasteiger charge is 2.04. The molecule has 0 amide bonds. The summed E-state index contributed by atoms with van der Waals surface area (Å²) in [6, 6.07) is 7.52. The van der Waals surface area contributed by atoms with E-state index in [1.807, 2.05) is 24.3 Å². The molecule has 1 atom stereocenters. The van der Waals surface area contributed by atoms with Gasteiger partial charge in [-0.3, -0.25) is 0 Å². The van der Waals surface area contributed by atoms with Crippen LogP contribution in [-0.4, -0.2) is 44.6 Å². The van der Waals surface area contributed by atoms with Crippen molar-refractivity contribution >= 4 is 15.9 Å². The van der Waals surface area contributed by atoms with Crippen molar-refractivity contribution in [3.63, 3.8) is 0 Å². The zero-order valence-electron chi connectivity index (χ0n) is 9.86. The third kappa shape index (κ3) is 6.63. The average Bonchev–Trinajstić information content (AvgIpc) is 2.34. The molecule has 4 nitrogen and oxygen atoms in total. The number of hydrogen-bond donors (Lipinski definition) is 2. The van der Waals surface area contributed by atoms with Crippen LogP contribution in [-0.2, 0) is 4.74 Å². The van der Waals surface area contributed by atoms with Crippen LogP contribution in [0.1, 0.15) is 0 Å². The molecule has 0 saturated carbocycles. The number of aliphatic hydroxyl groups is 1. The van der Waals surface area contributed by atoms with E-state index in [0.29, 0.717) is 13.2 Å². The van der Waals surface area contributed by atoms with Crippen molar-refractivity contribution in [3.05, 3.63) is 28.7 Å². The maximum Gasteiger partial charge on any atom is 0.119 e. The van der Waals surface area contributed by atoms with Crippen LogP contribution in [0.3, 0.4) is 0 Å². The predicted molar refractivity (Wildman–Crippen MR) is 70.4 cm³/mol. The van der Waals surface area contributed by atoms with E-state index in [1.54, 1.807) is 7.11 Å². The first-order chi connectivity index (χ1) is 8.22. The maximum absolute atomic E-state index is 9.63. The molecular formula is C12H18BrNO3. The van der Waals surface area contributed by atoms with Crippen molar-refractivity contribution in [3.8, 4) is 5.75 Å². The average molecular weight is 304 g/mol. The van der Waals surface area contributed by atoms with Crippen LogP contribution in [0.15, 0.2) is 28.7 Å². The van der Waals surface area contributed by atoms with Crippen molar-refractivity contribution in [2.24, 2.45) is 0 Å². The normalized spacial score (nSPS) is 12.4. The molecule has 1 rings (SSSR count). The summed E-state index contributed by atoms with van der Waals surface area (Å²) < 4.78 is 11.3. The molecule has 1 aromatic carbocycles. The molecule has 17 heavy (non-hydrogen) atoms. The summed E-state index contributed by atoms with van der Waals surface area (Å²) in [5.74, 6) is 0.754. The Kier molecular flexibility index (Phi) is 7.19. The van der Waals surface area contributed by atoms with E-state index in [-0.39, 0.29) is 6.61 Å². The van der Waals surface area contributed by atoms with Crippen LogP contribution in [0.2, 0.25) is 0 Å². The van der Waals surface area contributed by atoms with E-state index in [2.05, 4.69) is 21.2 Å². The molecule has 0 spiro atoms. The molecule has 1 unspecified atom stereocenters.